The van der Waals surface area contributed by atoms with Gasteiger partial charge in [0.1, 0.15) is 0 Å². The molecular formula is C13H18Cl2N2OS. The van der Waals surface area contributed by atoms with Crippen LogP contribution in [0.1, 0.15) is 12.0 Å². The second kappa shape index (κ2) is 8.72. The van der Waals surface area contributed by atoms with E-state index in [4.69, 9.17) is 45.9 Å². The average molecular weight is 321 g/mol. The van der Waals surface area contributed by atoms with Gasteiger partial charge in [0.05, 0.1) is 21.6 Å². The molecule has 0 amide bonds. The molecule has 0 bridgehead atoms. The van der Waals surface area contributed by atoms with Crippen LogP contribution in [0.5, 0.6) is 0 Å². The van der Waals surface area contributed by atoms with E-state index in [1.165, 1.54) is 0 Å². The minimum Gasteiger partial charge on any atom is -0.393 e. The van der Waals surface area contributed by atoms with Crippen molar-refractivity contribution < 1.29 is 4.74 Å². The maximum absolute atomic E-state index is 6.01. The van der Waals surface area contributed by atoms with E-state index >= 15 is 0 Å². The first kappa shape index (κ1) is 16.7. The Labute approximate surface area is 129 Å². The molecule has 1 aromatic rings. The smallest absolute Gasteiger partial charge is 0.0740 e. The van der Waals surface area contributed by atoms with Gasteiger partial charge in [-0.15, -0.1) is 0 Å². The number of rotatable bonds is 8. The van der Waals surface area contributed by atoms with Gasteiger partial charge in [-0.3, -0.25) is 4.90 Å². The van der Waals surface area contributed by atoms with Gasteiger partial charge in [-0.1, -0.05) is 41.5 Å². The third kappa shape index (κ3) is 6.54. The van der Waals surface area contributed by atoms with Crippen LogP contribution in [0.25, 0.3) is 0 Å². The van der Waals surface area contributed by atoms with E-state index in [-0.39, 0.29) is 0 Å². The summed E-state index contributed by atoms with van der Waals surface area (Å²) in [6.45, 7) is 3.06. The lowest BCUT2D eigenvalue weighted by atomic mass is 10.2. The van der Waals surface area contributed by atoms with Gasteiger partial charge in [0, 0.05) is 33.2 Å². The Morgan fingerprint density at radius 3 is 2.63 bits per heavy atom. The van der Waals surface area contributed by atoms with E-state index in [1.54, 1.807) is 13.2 Å². The van der Waals surface area contributed by atoms with Crippen LogP contribution in [0.15, 0.2) is 18.2 Å². The number of hydrogen-bond donors (Lipinski definition) is 1. The van der Waals surface area contributed by atoms with E-state index < -0.39 is 0 Å². The lowest BCUT2D eigenvalue weighted by molar-refractivity contribution is 0.146. The van der Waals surface area contributed by atoms with Gasteiger partial charge < -0.3 is 10.5 Å². The van der Waals surface area contributed by atoms with Crippen LogP contribution in [0.3, 0.4) is 0 Å². The minimum atomic E-state index is 0.525. The second-order valence-electron chi connectivity index (χ2n) is 4.23. The van der Waals surface area contributed by atoms with Crippen molar-refractivity contribution in [2.24, 2.45) is 5.73 Å². The first-order valence-electron chi connectivity index (χ1n) is 5.96. The molecule has 1 rings (SSSR count). The molecule has 0 aliphatic heterocycles. The molecular weight excluding hydrogens is 303 g/mol. The third-order valence-corrected chi connectivity index (χ3v) is 3.62. The number of halogens is 2. The standard InChI is InChI=1S/C13H18Cl2N2OS/c1-18-7-6-17(5-4-13(16)19)9-10-2-3-11(14)12(15)8-10/h2-3,8H,4-7,9H2,1H3,(H2,16,19). The summed E-state index contributed by atoms with van der Waals surface area (Å²) in [5, 5.41) is 1.14. The Balaban J connectivity index is 2.63. The van der Waals surface area contributed by atoms with Gasteiger partial charge in [-0.25, -0.2) is 0 Å². The molecule has 3 nitrogen and oxygen atoms in total. The molecule has 0 aliphatic rings. The van der Waals surface area contributed by atoms with E-state index in [1.807, 2.05) is 12.1 Å². The van der Waals surface area contributed by atoms with Gasteiger partial charge >= 0.3 is 0 Å². The Hall–Kier alpha value is -0.390. The first-order chi connectivity index (χ1) is 9.02. The lowest BCUT2D eigenvalue weighted by Gasteiger charge is -2.22. The molecule has 0 fully saturated rings. The van der Waals surface area contributed by atoms with Crippen molar-refractivity contribution >= 4 is 40.4 Å². The number of nitrogens with two attached hydrogens (primary N) is 1. The number of nitrogens with zero attached hydrogens (tertiary/aromatic N) is 1. The van der Waals surface area contributed by atoms with Gasteiger partial charge in [-0.05, 0) is 17.7 Å². The monoisotopic (exact) mass is 320 g/mol. The van der Waals surface area contributed by atoms with Crippen molar-refractivity contribution in [3.8, 4) is 0 Å². The molecule has 106 valence electrons. The normalized spacial score (nSPS) is 10.9. The molecule has 6 heteroatoms. The lowest BCUT2D eigenvalue weighted by Crippen LogP contribution is -2.30. The van der Waals surface area contributed by atoms with E-state index in [9.17, 15) is 0 Å². The van der Waals surface area contributed by atoms with Crippen LogP contribution >= 0.6 is 35.4 Å². The van der Waals surface area contributed by atoms with Crippen LogP contribution in [-0.4, -0.2) is 36.7 Å². The number of hydrogen-bond acceptors (Lipinski definition) is 3. The number of ether oxygens (including phenoxy) is 1. The molecule has 0 aromatic heterocycles. The Morgan fingerprint density at radius 1 is 1.32 bits per heavy atom. The van der Waals surface area contributed by atoms with Crippen LogP contribution in [0.2, 0.25) is 10.0 Å². The number of thiocarbonyl (C=S) groups is 1. The fourth-order valence-corrected chi connectivity index (χ4v) is 2.07. The molecule has 0 heterocycles. The largest absolute Gasteiger partial charge is 0.393 e. The molecule has 1 aromatic carbocycles. The van der Waals surface area contributed by atoms with Gasteiger partial charge in [0.15, 0.2) is 0 Å². The van der Waals surface area contributed by atoms with Crippen molar-refractivity contribution in [1.82, 2.24) is 4.90 Å². The zero-order chi connectivity index (χ0) is 14.3. The molecule has 0 aliphatic carbocycles. The molecule has 0 unspecified atom stereocenters. The topological polar surface area (TPSA) is 38.5 Å². The summed E-state index contributed by atoms with van der Waals surface area (Å²) >= 11 is 16.8. The molecule has 2 N–H and O–H groups in total. The summed E-state index contributed by atoms with van der Waals surface area (Å²) in [6, 6.07) is 5.65. The van der Waals surface area contributed by atoms with Crippen LogP contribution in [0, 0.1) is 0 Å². The summed E-state index contributed by atoms with van der Waals surface area (Å²) in [4.78, 5) is 2.75. The molecule has 0 saturated carbocycles. The zero-order valence-electron chi connectivity index (χ0n) is 10.9. The Morgan fingerprint density at radius 2 is 2.05 bits per heavy atom. The summed E-state index contributed by atoms with van der Waals surface area (Å²) in [7, 11) is 1.69. The average Bonchev–Trinajstić information content (AvgIpc) is 2.37. The molecule has 0 radical (unpaired) electrons. The maximum atomic E-state index is 6.01. The second-order valence-corrected chi connectivity index (χ2v) is 5.57. The van der Waals surface area contributed by atoms with Crippen LogP contribution in [0.4, 0.5) is 0 Å². The summed E-state index contributed by atoms with van der Waals surface area (Å²) in [5.74, 6) is 0. The summed E-state index contributed by atoms with van der Waals surface area (Å²) < 4.78 is 5.11. The van der Waals surface area contributed by atoms with Crippen molar-refractivity contribution in [2.45, 2.75) is 13.0 Å². The van der Waals surface area contributed by atoms with E-state index in [0.29, 0.717) is 28.1 Å². The highest BCUT2D eigenvalue weighted by Crippen LogP contribution is 2.23. The molecule has 19 heavy (non-hydrogen) atoms. The summed E-state index contributed by atoms with van der Waals surface area (Å²) in [6.07, 6.45) is 0.695. The van der Waals surface area contributed by atoms with Crippen molar-refractivity contribution in [3.05, 3.63) is 33.8 Å². The molecule has 0 saturated heterocycles. The number of methoxy groups -OCH3 is 1. The van der Waals surface area contributed by atoms with E-state index in [2.05, 4.69) is 4.90 Å². The van der Waals surface area contributed by atoms with Gasteiger partial charge in [-0.2, -0.15) is 0 Å². The molecule has 0 spiro atoms. The van der Waals surface area contributed by atoms with Crippen LogP contribution < -0.4 is 5.73 Å². The van der Waals surface area contributed by atoms with Crippen molar-refractivity contribution in [1.29, 1.82) is 0 Å². The molecule has 0 atom stereocenters. The SMILES string of the molecule is COCCN(CCC(N)=S)Cc1ccc(Cl)c(Cl)c1. The first-order valence-corrected chi connectivity index (χ1v) is 7.13. The highest BCUT2D eigenvalue weighted by molar-refractivity contribution is 7.80. The highest BCUT2D eigenvalue weighted by Gasteiger charge is 2.08. The van der Waals surface area contributed by atoms with Crippen molar-refractivity contribution in [3.63, 3.8) is 0 Å². The third-order valence-electron chi connectivity index (χ3n) is 2.68. The predicted molar refractivity (Wildman–Crippen MR) is 85.0 cm³/mol. The van der Waals surface area contributed by atoms with Gasteiger partial charge in [0.25, 0.3) is 0 Å². The van der Waals surface area contributed by atoms with Crippen molar-refractivity contribution in [2.75, 3.05) is 26.8 Å². The summed E-state index contributed by atoms with van der Waals surface area (Å²) in [5.41, 5.74) is 6.65. The highest BCUT2D eigenvalue weighted by atomic mass is 35.5. The fourth-order valence-electron chi connectivity index (χ4n) is 1.65. The quantitative estimate of drug-likeness (QED) is 0.747. The zero-order valence-corrected chi connectivity index (χ0v) is 13.2. The van der Waals surface area contributed by atoms with E-state index in [0.717, 1.165) is 25.2 Å². The Bertz CT molecular complexity index is 429. The van der Waals surface area contributed by atoms with Gasteiger partial charge in [0.2, 0.25) is 0 Å². The predicted octanol–water partition coefficient (Wildman–Crippen LogP) is 3.12. The minimum absolute atomic E-state index is 0.525. The Kier molecular flexibility index (Phi) is 7.64. The number of benzene rings is 1. The van der Waals surface area contributed by atoms with Crippen LogP contribution in [-0.2, 0) is 11.3 Å². The fraction of sp³-hybridized carbons (Fsp3) is 0.462. The maximum Gasteiger partial charge on any atom is 0.0740 e.